The minimum Gasteiger partial charge on any atom is -0.744 e. The van der Waals surface area contributed by atoms with Crippen LogP contribution in [0.25, 0.3) is 0 Å². The van der Waals surface area contributed by atoms with Crippen molar-refractivity contribution in [1.29, 1.82) is 0 Å². The van der Waals surface area contributed by atoms with Crippen molar-refractivity contribution in [3.05, 3.63) is 29.3 Å². The number of quaternary nitrogens is 3. The van der Waals surface area contributed by atoms with Crippen LogP contribution in [0.1, 0.15) is 20.7 Å². The zero-order chi connectivity index (χ0) is 20.6. The van der Waals surface area contributed by atoms with Gasteiger partial charge in [-0.3, -0.25) is 0 Å². The number of nitrogens with two attached hydrogens (primary N) is 3. The molecule has 0 unspecified atom stereocenters. The normalized spacial score (nSPS) is 9.24. The molecule has 1 rings (SSSR count). The second kappa shape index (κ2) is 15.5. The van der Waals surface area contributed by atoms with Crippen LogP contribution < -0.4 is 26.2 Å². The van der Waals surface area contributed by atoms with Crippen LogP contribution in [0.4, 0.5) is 0 Å². The highest BCUT2D eigenvalue weighted by molar-refractivity contribution is 7.85. The summed E-state index contributed by atoms with van der Waals surface area (Å²) in [7, 11) is 7.05. The van der Waals surface area contributed by atoms with Crippen LogP contribution in [-0.4, -0.2) is 67.2 Å². The molecule has 25 heavy (non-hydrogen) atoms. The van der Waals surface area contributed by atoms with E-state index in [0.29, 0.717) is 18.2 Å². The van der Waals surface area contributed by atoms with Gasteiger partial charge in [-0.1, -0.05) is 0 Å². The number of hydrogen-bond donors (Lipinski definition) is 3. The first kappa shape index (κ1) is 27.8. The molecule has 10 nitrogen and oxygen atoms in total. The van der Waals surface area contributed by atoms with E-state index < -0.39 is 38.1 Å². The second-order valence-electron chi connectivity index (χ2n) is 4.51. The van der Waals surface area contributed by atoms with Crippen molar-refractivity contribution in [2.45, 2.75) is 4.90 Å². The Kier molecular flexibility index (Phi) is 17.2. The summed E-state index contributed by atoms with van der Waals surface area (Å²) in [6.45, 7) is 0. The van der Waals surface area contributed by atoms with Gasteiger partial charge in [0.05, 0.1) is 59.1 Å². The molecule has 1 aromatic rings. The Hall–Kier alpha value is -2.05. The molecule has 11 heteroatoms. The fourth-order valence-electron chi connectivity index (χ4n) is 0.979. The molecular weight excluding hydrogens is 354 g/mol. The summed E-state index contributed by atoms with van der Waals surface area (Å²) in [5.41, 5.74) is -1.45. The van der Waals surface area contributed by atoms with Gasteiger partial charge in [0.2, 0.25) is 0 Å². The molecule has 0 amide bonds. The SMILES string of the molecule is C[NH2+]C.C[NH2+]C.C[NH2+]C.O=C([O-])c1cc(C(=O)[O-])cc(S(=O)(=O)[O-])c1. The lowest BCUT2D eigenvalue weighted by atomic mass is 10.1. The average molecular weight is 381 g/mol. The zero-order valence-corrected chi connectivity index (χ0v) is 16.0. The van der Waals surface area contributed by atoms with Crippen molar-refractivity contribution in [3.63, 3.8) is 0 Å². The average Bonchev–Trinajstić information content (AvgIpc) is 2.48. The zero-order valence-electron chi connectivity index (χ0n) is 15.2. The summed E-state index contributed by atoms with van der Waals surface area (Å²) in [6.07, 6.45) is 0. The van der Waals surface area contributed by atoms with Crippen molar-refractivity contribution < 1.29 is 48.7 Å². The fourth-order valence-corrected chi connectivity index (χ4v) is 1.52. The van der Waals surface area contributed by atoms with E-state index in [9.17, 15) is 32.8 Å². The highest BCUT2D eigenvalue weighted by Crippen LogP contribution is 2.14. The highest BCUT2D eigenvalue weighted by atomic mass is 32.2. The summed E-state index contributed by atoms with van der Waals surface area (Å²) in [5.74, 6) is -3.60. The highest BCUT2D eigenvalue weighted by Gasteiger charge is 2.07. The molecule has 1 aromatic carbocycles. The molecule has 0 fully saturated rings. The molecule has 0 heterocycles. The Bertz CT molecular complexity index is 582. The molecule has 0 spiro atoms. The first-order valence-corrected chi connectivity index (χ1v) is 8.63. The second-order valence-corrected chi connectivity index (χ2v) is 5.89. The van der Waals surface area contributed by atoms with Crippen LogP contribution in [0.5, 0.6) is 0 Å². The molecular formula is C14H27N3O7S. The maximum atomic E-state index is 10.6. The molecule has 0 saturated carbocycles. The lowest BCUT2D eigenvalue weighted by molar-refractivity contribution is -0.597. The van der Waals surface area contributed by atoms with E-state index in [-0.39, 0.29) is 0 Å². The van der Waals surface area contributed by atoms with Gasteiger partial charge >= 0.3 is 0 Å². The van der Waals surface area contributed by atoms with Gasteiger partial charge in [0.15, 0.2) is 0 Å². The Morgan fingerprint density at radius 2 is 1.00 bits per heavy atom. The Morgan fingerprint density at radius 3 is 1.16 bits per heavy atom. The molecule has 0 radical (unpaired) electrons. The monoisotopic (exact) mass is 381 g/mol. The minimum atomic E-state index is -4.95. The van der Waals surface area contributed by atoms with E-state index in [4.69, 9.17) is 0 Å². The van der Waals surface area contributed by atoms with Gasteiger partial charge in [-0.25, -0.2) is 8.42 Å². The summed E-state index contributed by atoms with van der Waals surface area (Å²) in [6, 6.07) is 1.67. The van der Waals surface area contributed by atoms with Crippen molar-refractivity contribution in [2.24, 2.45) is 0 Å². The third-order valence-electron chi connectivity index (χ3n) is 1.67. The molecule has 146 valence electrons. The molecule has 0 saturated heterocycles. The van der Waals surface area contributed by atoms with E-state index in [1.54, 1.807) is 0 Å². The number of carboxylic acid groups (broad SMARTS) is 2. The smallest absolute Gasteiger partial charge is 0.124 e. The Labute approximate surface area is 148 Å². The molecule has 0 atom stereocenters. The van der Waals surface area contributed by atoms with Crippen molar-refractivity contribution in [2.75, 3.05) is 42.3 Å². The fraction of sp³-hybridized carbons (Fsp3) is 0.429. The quantitative estimate of drug-likeness (QED) is 0.434. The number of aromatic carboxylic acids is 2. The molecule has 0 aliphatic carbocycles. The van der Waals surface area contributed by atoms with Gasteiger partial charge in [-0.2, -0.15) is 0 Å². The maximum Gasteiger partial charge on any atom is 0.124 e. The molecule has 0 aliphatic rings. The van der Waals surface area contributed by atoms with E-state index in [1.807, 2.05) is 58.2 Å². The van der Waals surface area contributed by atoms with Gasteiger partial charge in [-0.15, -0.1) is 0 Å². The largest absolute Gasteiger partial charge is 0.744 e. The van der Waals surface area contributed by atoms with Gasteiger partial charge in [-0.05, 0) is 29.3 Å². The predicted octanol–water partition coefficient (Wildman–Crippen LogP) is -6.25. The molecule has 6 N–H and O–H groups in total. The lowest BCUT2D eigenvalue weighted by Crippen LogP contribution is -2.74. The third kappa shape index (κ3) is 15.2. The van der Waals surface area contributed by atoms with Gasteiger partial charge in [0.1, 0.15) is 10.1 Å². The Morgan fingerprint density at radius 1 is 0.760 bits per heavy atom. The van der Waals surface area contributed by atoms with E-state index in [0.717, 1.165) is 0 Å². The van der Waals surface area contributed by atoms with Crippen molar-refractivity contribution in [3.8, 4) is 0 Å². The topological polar surface area (TPSA) is 187 Å². The van der Waals surface area contributed by atoms with E-state index in [1.165, 1.54) is 0 Å². The number of rotatable bonds is 3. The third-order valence-corrected chi connectivity index (χ3v) is 2.48. The molecule has 0 aliphatic heterocycles. The van der Waals surface area contributed by atoms with Gasteiger partial charge < -0.3 is 40.3 Å². The minimum absolute atomic E-state index is 0.518. The molecule has 0 aromatic heterocycles. The summed E-state index contributed by atoms with van der Waals surface area (Å²) in [4.78, 5) is 19.9. The summed E-state index contributed by atoms with van der Waals surface area (Å²) < 4.78 is 31.8. The predicted molar refractivity (Wildman–Crippen MR) is 84.4 cm³/mol. The van der Waals surface area contributed by atoms with Gasteiger partial charge in [0, 0.05) is 0 Å². The maximum absolute atomic E-state index is 10.6. The lowest BCUT2D eigenvalue weighted by Gasteiger charge is -2.13. The number of carbonyl (C=O) groups excluding carboxylic acids is 2. The van der Waals surface area contributed by atoms with Crippen LogP contribution in [0.3, 0.4) is 0 Å². The van der Waals surface area contributed by atoms with Crippen molar-refractivity contribution >= 4 is 22.1 Å². The number of hydrogen-bond acceptors (Lipinski definition) is 7. The number of benzene rings is 1. The standard InChI is InChI=1S/C8H6O7S.3C2H7N/c9-7(10)4-1-5(8(11)12)3-6(2-4)16(13,14)15;3*1-3-2/h1-3H,(H,9,10)(H,11,12)(H,13,14,15);3*3H,1-2H3. The van der Waals surface area contributed by atoms with Crippen LogP contribution in [0.15, 0.2) is 23.1 Å². The first-order valence-electron chi connectivity index (χ1n) is 7.22. The van der Waals surface area contributed by atoms with E-state index in [2.05, 4.69) is 0 Å². The van der Waals surface area contributed by atoms with Gasteiger partial charge in [0.25, 0.3) is 0 Å². The van der Waals surface area contributed by atoms with Crippen LogP contribution in [-0.2, 0) is 10.1 Å². The van der Waals surface area contributed by atoms with E-state index >= 15 is 0 Å². The summed E-state index contributed by atoms with van der Waals surface area (Å²) in [5, 5.41) is 26.9. The van der Waals surface area contributed by atoms with Crippen molar-refractivity contribution in [1.82, 2.24) is 0 Å². The Balaban J connectivity index is -0.000000451. The van der Waals surface area contributed by atoms with Crippen LogP contribution >= 0.6 is 0 Å². The first-order chi connectivity index (χ1) is 11.5. The van der Waals surface area contributed by atoms with Crippen LogP contribution in [0, 0.1) is 0 Å². The summed E-state index contributed by atoms with van der Waals surface area (Å²) >= 11 is 0. The number of carbonyl (C=O) groups is 2. The molecule has 0 bridgehead atoms. The van der Waals surface area contributed by atoms with Crippen LogP contribution in [0.2, 0.25) is 0 Å². The number of carboxylic acids is 2.